The van der Waals surface area contributed by atoms with Crippen molar-refractivity contribution in [2.45, 2.75) is 19.8 Å². The molecule has 0 aliphatic carbocycles. The van der Waals surface area contributed by atoms with Crippen LogP contribution in [0.1, 0.15) is 17.5 Å². The summed E-state index contributed by atoms with van der Waals surface area (Å²) in [5.74, 6) is 0.894. The summed E-state index contributed by atoms with van der Waals surface area (Å²) in [6.45, 7) is 4.47. The van der Waals surface area contributed by atoms with Gasteiger partial charge in [0.05, 0.1) is 0 Å². The molecular weight excluding hydrogens is 194 g/mol. The number of hydrogen-bond acceptors (Lipinski definition) is 1. The van der Waals surface area contributed by atoms with Gasteiger partial charge in [-0.2, -0.15) is 0 Å². The normalized spacial score (nSPS) is 16.7. The highest BCUT2D eigenvalue weighted by atomic mass is 35.5. The van der Waals surface area contributed by atoms with Crippen molar-refractivity contribution in [2.75, 3.05) is 13.1 Å². The predicted octanol–water partition coefficient (Wildman–Crippen LogP) is 2.80. The van der Waals surface area contributed by atoms with Crippen LogP contribution in [0, 0.1) is 12.8 Å². The topological polar surface area (TPSA) is 12.0 Å². The van der Waals surface area contributed by atoms with Gasteiger partial charge in [0.25, 0.3) is 0 Å². The van der Waals surface area contributed by atoms with Crippen molar-refractivity contribution in [2.24, 2.45) is 5.92 Å². The molecule has 0 aromatic heterocycles. The van der Waals surface area contributed by atoms with E-state index in [4.69, 9.17) is 11.6 Å². The van der Waals surface area contributed by atoms with Crippen molar-refractivity contribution >= 4 is 11.6 Å². The van der Waals surface area contributed by atoms with Crippen molar-refractivity contribution in [3.05, 3.63) is 34.3 Å². The Balaban J connectivity index is 1.91. The van der Waals surface area contributed by atoms with E-state index in [1.807, 2.05) is 6.07 Å². The van der Waals surface area contributed by atoms with Crippen LogP contribution in [0.3, 0.4) is 0 Å². The van der Waals surface area contributed by atoms with Crippen molar-refractivity contribution in [3.8, 4) is 0 Å². The van der Waals surface area contributed by atoms with Crippen molar-refractivity contribution in [1.82, 2.24) is 5.32 Å². The molecule has 1 aliphatic rings. The Morgan fingerprint density at radius 3 is 2.79 bits per heavy atom. The first-order chi connectivity index (χ1) is 6.75. The molecule has 1 aromatic rings. The Bertz CT molecular complexity index is 318. The Labute approximate surface area is 90.5 Å². The molecule has 1 nitrogen and oxygen atoms in total. The molecule has 76 valence electrons. The minimum atomic E-state index is 0.874. The Morgan fingerprint density at radius 2 is 2.21 bits per heavy atom. The number of halogens is 1. The second-order valence-corrected chi connectivity index (χ2v) is 4.55. The van der Waals surface area contributed by atoms with Crippen molar-refractivity contribution < 1.29 is 0 Å². The summed E-state index contributed by atoms with van der Waals surface area (Å²) in [6.07, 6.45) is 2.48. The molecule has 0 bridgehead atoms. The van der Waals surface area contributed by atoms with E-state index in [-0.39, 0.29) is 0 Å². The van der Waals surface area contributed by atoms with Gasteiger partial charge in [0.15, 0.2) is 0 Å². The molecule has 1 N–H and O–H groups in total. The maximum Gasteiger partial charge on any atom is 0.0435 e. The van der Waals surface area contributed by atoms with Crippen molar-refractivity contribution in [3.63, 3.8) is 0 Å². The van der Waals surface area contributed by atoms with Gasteiger partial charge in [-0.15, -0.1) is 0 Å². The van der Waals surface area contributed by atoms with E-state index in [0.717, 1.165) is 10.9 Å². The van der Waals surface area contributed by atoms with Crippen LogP contribution in [-0.2, 0) is 6.42 Å². The third-order valence-corrected chi connectivity index (χ3v) is 3.35. The van der Waals surface area contributed by atoms with Crippen LogP contribution in [0.15, 0.2) is 18.2 Å². The molecule has 0 radical (unpaired) electrons. The monoisotopic (exact) mass is 209 g/mol. The summed E-state index contributed by atoms with van der Waals surface area (Å²) in [5, 5.41) is 4.17. The highest BCUT2D eigenvalue weighted by molar-refractivity contribution is 6.31. The minimum Gasteiger partial charge on any atom is -0.316 e. The molecule has 0 unspecified atom stereocenters. The maximum atomic E-state index is 5.97. The lowest BCUT2D eigenvalue weighted by Gasteiger charge is -2.26. The average molecular weight is 210 g/mol. The van der Waals surface area contributed by atoms with Crippen LogP contribution >= 0.6 is 11.6 Å². The second kappa shape index (κ2) is 4.33. The summed E-state index contributed by atoms with van der Waals surface area (Å²) < 4.78 is 0. The van der Waals surface area contributed by atoms with Gasteiger partial charge in [-0.05, 0) is 56.0 Å². The molecule has 1 saturated heterocycles. The van der Waals surface area contributed by atoms with E-state index in [2.05, 4.69) is 24.4 Å². The predicted molar refractivity (Wildman–Crippen MR) is 60.9 cm³/mol. The lowest BCUT2D eigenvalue weighted by Crippen LogP contribution is -2.42. The number of aryl methyl sites for hydroxylation is 2. The van der Waals surface area contributed by atoms with Gasteiger partial charge in [-0.25, -0.2) is 0 Å². The number of rotatable bonds is 3. The molecule has 1 aromatic carbocycles. The molecule has 14 heavy (non-hydrogen) atoms. The molecule has 1 fully saturated rings. The molecular formula is C12H16ClN. The standard InChI is InChI=1S/C12H16ClN/c1-9-6-10(4-5-12(9)13)2-3-11-7-14-8-11/h4-6,11,14H,2-3,7-8H2,1H3. The van der Waals surface area contributed by atoms with Gasteiger partial charge in [0.2, 0.25) is 0 Å². The van der Waals surface area contributed by atoms with Crippen LogP contribution < -0.4 is 5.32 Å². The Morgan fingerprint density at radius 1 is 1.43 bits per heavy atom. The van der Waals surface area contributed by atoms with Crippen LogP contribution in [0.5, 0.6) is 0 Å². The lowest BCUT2D eigenvalue weighted by molar-refractivity contribution is 0.328. The fraction of sp³-hybridized carbons (Fsp3) is 0.500. The fourth-order valence-corrected chi connectivity index (χ4v) is 1.90. The molecule has 0 atom stereocenters. The van der Waals surface area contributed by atoms with E-state index in [1.54, 1.807) is 0 Å². The highest BCUT2D eigenvalue weighted by Crippen LogP contribution is 2.19. The molecule has 0 saturated carbocycles. The molecule has 1 aliphatic heterocycles. The largest absolute Gasteiger partial charge is 0.316 e. The molecule has 1 heterocycles. The maximum absolute atomic E-state index is 5.97. The van der Waals surface area contributed by atoms with Crippen LogP contribution in [0.25, 0.3) is 0 Å². The summed E-state index contributed by atoms with van der Waals surface area (Å²) in [6, 6.07) is 6.35. The van der Waals surface area contributed by atoms with Gasteiger partial charge in [0, 0.05) is 5.02 Å². The van der Waals surface area contributed by atoms with Gasteiger partial charge in [-0.1, -0.05) is 23.7 Å². The second-order valence-electron chi connectivity index (χ2n) is 4.15. The van der Waals surface area contributed by atoms with E-state index < -0.39 is 0 Å². The van der Waals surface area contributed by atoms with Crippen LogP contribution in [0.4, 0.5) is 0 Å². The summed E-state index contributed by atoms with van der Waals surface area (Å²) in [7, 11) is 0. The smallest absolute Gasteiger partial charge is 0.0435 e. The lowest BCUT2D eigenvalue weighted by atomic mass is 9.94. The highest BCUT2D eigenvalue weighted by Gasteiger charge is 2.15. The van der Waals surface area contributed by atoms with Gasteiger partial charge < -0.3 is 5.32 Å². The first-order valence-corrected chi connectivity index (χ1v) is 5.59. The van der Waals surface area contributed by atoms with Gasteiger partial charge in [-0.3, -0.25) is 0 Å². The minimum absolute atomic E-state index is 0.874. The molecule has 0 spiro atoms. The van der Waals surface area contributed by atoms with Crippen LogP contribution in [-0.4, -0.2) is 13.1 Å². The summed E-state index contributed by atoms with van der Waals surface area (Å²) in [5.41, 5.74) is 2.61. The third kappa shape index (κ3) is 2.28. The first kappa shape index (κ1) is 10.0. The summed E-state index contributed by atoms with van der Waals surface area (Å²) >= 11 is 5.97. The zero-order chi connectivity index (χ0) is 9.97. The SMILES string of the molecule is Cc1cc(CCC2CNC2)ccc1Cl. The van der Waals surface area contributed by atoms with Gasteiger partial charge in [0.1, 0.15) is 0 Å². The number of hydrogen-bond donors (Lipinski definition) is 1. The first-order valence-electron chi connectivity index (χ1n) is 5.21. The van der Waals surface area contributed by atoms with Crippen molar-refractivity contribution in [1.29, 1.82) is 0 Å². The summed E-state index contributed by atoms with van der Waals surface area (Å²) in [4.78, 5) is 0. The number of nitrogens with one attached hydrogen (secondary N) is 1. The van der Waals surface area contributed by atoms with E-state index in [1.165, 1.54) is 37.1 Å². The zero-order valence-corrected chi connectivity index (χ0v) is 9.27. The molecule has 2 heteroatoms. The Kier molecular flexibility index (Phi) is 3.09. The number of benzene rings is 1. The molecule has 0 amide bonds. The quantitative estimate of drug-likeness (QED) is 0.808. The Hall–Kier alpha value is -0.530. The van der Waals surface area contributed by atoms with E-state index in [0.29, 0.717) is 0 Å². The van der Waals surface area contributed by atoms with E-state index in [9.17, 15) is 0 Å². The van der Waals surface area contributed by atoms with E-state index >= 15 is 0 Å². The molecule has 2 rings (SSSR count). The zero-order valence-electron chi connectivity index (χ0n) is 8.52. The fourth-order valence-electron chi connectivity index (χ4n) is 1.79. The third-order valence-electron chi connectivity index (χ3n) is 2.93. The van der Waals surface area contributed by atoms with Gasteiger partial charge >= 0.3 is 0 Å². The average Bonchev–Trinajstić information content (AvgIpc) is 2.08. The van der Waals surface area contributed by atoms with Crippen LogP contribution in [0.2, 0.25) is 5.02 Å².